The highest BCUT2D eigenvalue weighted by Crippen LogP contribution is 2.54. The summed E-state index contributed by atoms with van der Waals surface area (Å²) < 4.78 is 45.1. The predicted molar refractivity (Wildman–Crippen MR) is 95.1 cm³/mol. The Balaban J connectivity index is 1.93. The number of hydrogen-bond donors (Lipinski definition) is 0. The second-order valence-corrected chi connectivity index (χ2v) is 8.16. The van der Waals surface area contributed by atoms with Gasteiger partial charge in [-0.3, -0.25) is 13.6 Å². The first kappa shape index (κ1) is 21.5. The van der Waals surface area contributed by atoms with Gasteiger partial charge in [-0.2, -0.15) is 0 Å². The van der Waals surface area contributed by atoms with Crippen LogP contribution >= 0.6 is 7.82 Å². The van der Waals surface area contributed by atoms with Gasteiger partial charge in [0, 0.05) is 41.0 Å². The van der Waals surface area contributed by atoms with Crippen LogP contribution in [0.1, 0.15) is 19.3 Å². The molecule has 7 atom stereocenters. The van der Waals surface area contributed by atoms with E-state index < -0.39 is 19.9 Å². The molecule has 0 spiro atoms. The number of phosphoric ester groups is 1. The number of methoxy groups -OCH3 is 2. The van der Waals surface area contributed by atoms with Crippen LogP contribution in [0.3, 0.4) is 0 Å². The molecule has 0 N–H and O–H groups in total. The molecular weight excluding hydrogens is 344 g/mol. The predicted octanol–water partition coefficient (Wildman–Crippen LogP) is 1.07. The third-order valence-electron chi connectivity index (χ3n) is 4.74. The van der Waals surface area contributed by atoms with E-state index in [9.17, 15) is 4.57 Å². The van der Waals surface area contributed by atoms with Crippen molar-refractivity contribution < 1.29 is 32.3 Å². The van der Waals surface area contributed by atoms with Crippen molar-refractivity contribution in [3.8, 4) is 0 Å². The van der Waals surface area contributed by atoms with Gasteiger partial charge in [0.15, 0.2) is 0 Å². The van der Waals surface area contributed by atoms with Crippen molar-refractivity contribution in [1.82, 2.24) is 0 Å². The average Bonchev–Trinajstić information content (AvgIpc) is 3.16. The minimum Gasteiger partial charge on any atom is -0.384 e. The zero-order valence-corrected chi connectivity index (χ0v) is 15.9. The molecule has 2 rings (SSSR count). The fraction of sp³-hybridized carbons (Fsp3) is 1.00. The summed E-state index contributed by atoms with van der Waals surface area (Å²) in [4.78, 5) is 0. The Morgan fingerprint density at radius 1 is 1.16 bits per heavy atom. The summed E-state index contributed by atoms with van der Waals surface area (Å²) >= 11 is 0. The quantitative estimate of drug-likeness (QED) is 0.422. The van der Waals surface area contributed by atoms with Crippen LogP contribution in [0.5, 0.6) is 0 Å². The Morgan fingerprint density at radius 2 is 1.92 bits per heavy atom. The molecule has 11 heteroatoms. The zero-order valence-electron chi connectivity index (χ0n) is 15.0. The third kappa shape index (κ3) is 5.83. The maximum atomic E-state index is 12.8. The van der Waals surface area contributed by atoms with Gasteiger partial charge in [-0.1, -0.05) is 12.2 Å². The largest absolute Gasteiger partial charge is 0.474 e. The minimum atomic E-state index is -3.74. The van der Waals surface area contributed by atoms with Crippen molar-refractivity contribution in [2.24, 2.45) is 5.92 Å². The molecule has 0 amide bonds. The van der Waals surface area contributed by atoms with E-state index in [1.165, 1.54) is 7.11 Å². The Hall–Kier alpha value is 0.185. The molecule has 1 aliphatic heterocycles. The molecule has 7 nitrogen and oxygen atoms in total. The number of phosphoric acid groups is 1. The molecule has 25 heavy (non-hydrogen) atoms. The summed E-state index contributed by atoms with van der Waals surface area (Å²) in [5.74, 6) is 0.259. The van der Waals surface area contributed by atoms with E-state index in [-0.39, 0.29) is 30.5 Å². The lowest BCUT2D eigenvalue weighted by molar-refractivity contribution is -0.0288. The minimum absolute atomic E-state index is 0.00539. The van der Waals surface area contributed by atoms with Crippen molar-refractivity contribution in [3.63, 3.8) is 0 Å². The molecule has 1 saturated heterocycles. The lowest BCUT2D eigenvalue weighted by Crippen LogP contribution is -2.29. The molecule has 2 fully saturated rings. The van der Waals surface area contributed by atoms with E-state index in [1.54, 1.807) is 21.4 Å². The van der Waals surface area contributed by atoms with E-state index in [2.05, 4.69) is 0 Å². The number of hydrogen-bond acceptors (Lipinski definition) is 7. The highest BCUT2D eigenvalue weighted by atomic mass is 31.2. The normalized spacial score (nSPS) is 37.9. The molecule has 5 radical (unpaired) electrons. The van der Waals surface area contributed by atoms with Gasteiger partial charge in [0.1, 0.15) is 14.0 Å². The first-order chi connectivity index (χ1) is 11.9. The molecule has 3 unspecified atom stereocenters. The van der Waals surface area contributed by atoms with Crippen LogP contribution in [0.15, 0.2) is 0 Å². The summed E-state index contributed by atoms with van der Waals surface area (Å²) in [6.45, 7) is 0.497. The van der Waals surface area contributed by atoms with E-state index in [4.69, 9.17) is 43.4 Å². The van der Waals surface area contributed by atoms with Crippen molar-refractivity contribution in [2.75, 3.05) is 34.5 Å². The molecule has 0 aromatic rings. The van der Waals surface area contributed by atoms with Gasteiger partial charge in [-0.15, -0.1) is 0 Å². The van der Waals surface area contributed by atoms with Gasteiger partial charge in [0.05, 0.1) is 32.6 Å². The van der Waals surface area contributed by atoms with Crippen LogP contribution < -0.4 is 0 Å². The summed E-state index contributed by atoms with van der Waals surface area (Å²) in [6, 6.07) is -0.428. The number of rotatable bonds is 10. The molecule has 137 valence electrons. The lowest BCUT2D eigenvalue weighted by Gasteiger charge is -2.25. The standard InChI is InChI=1S/C14H25B3O7P/c1-19-7-9-4-10(17-16)5-11(9)24-25(18,21-3)22-8-13-12(20-2)6-14(15)23-13/h9-14H,4-8H2,1-3H3/t9-,10-,11?,12?,13-,14-,25?/m1/s1. The molecule has 2 aliphatic rings. The van der Waals surface area contributed by atoms with E-state index in [0.29, 0.717) is 19.4 Å². The zero-order chi connectivity index (χ0) is 18.4. The van der Waals surface area contributed by atoms with Crippen molar-refractivity contribution in [1.29, 1.82) is 0 Å². The van der Waals surface area contributed by atoms with Crippen LogP contribution in [0, 0.1) is 5.92 Å². The van der Waals surface area contributed by atoms with Crippen molar-refractivity contribution >= 4 is 30.6 Å². The van der Waals surface area contributed by atoms with E-state index in [0.717, 1.165) is 6.42 Å². The van der Waals surface area contributed by atoms with Crippen LogP contribution in [-0.2, 0) is 32.3 Å². The molecule has 1 saturated carbocycles. The highest BCUT2D eigenvalue weighted by Gasteiger charge is 2.41. The van der Waals surface area contributed by atoms with Gasteiger partial charge in [0.25, 0.3) is 0 Å². The van der Waals surface area contributed by atoms with Gasteiger partial charge in [-0.25, -0.2) is 4.57 Å². The summed E-state index contributed by atoms with van der Waals surface area (Å²) in [6.07, 6.45) is 1.05. The van der Waals surface area contributed by atoms with Crippen LogP contribution in [-0.4, -0.2) is 81.6 Å². The van der Waals surface area contributed by atoms with Crippen LogP contribution in [0.2, 0.25) is 5.82 Å². The summed E-state index contributed by atoms with van der Waals surface area (Å²) in [7, 11) is 13.8. The smallest absolute Gasteiger partial charge is 0.384 e. The summed E-state index contributed by atoms with van der Waals surface area (Å²) in [5.41, 5.74) is 0. The van der Waals surface area contributed by atoms with Crippen molar-refractivity contribution in [2.45, 2.75) is 49.4 Å². The van der Waals surface area contributed by atoms with E-state index in [1.807, 2.05) is 0 Å². The Kier molecular flexibility index (Phi) is 8.53. The highest BCUT2D eigenvalue weighted by molar-refractivity contribution is 7.48. The second-order valence-electron chi connectivity index (χ2n) is 6.43. The fourth-order valence-electron chi connectivity index (χ4n) is 3.40. The monoisotopic (exact) mass is 369 g/mol. The lowest BCUT2D eigenvalue weighted by atomic mass is 9.47. The molecule has 0 aromatic carbocycles. The Bertz CT molecular complexity index is 458. The van der Waals surface area contributed by atoms with Crippen LogP contribution in [0.25, 0.3) is 0 Å². The van der Waals surface area contributed by atoms with Crippen molar-refractivity contribution in [3.05, 3.63) is 0 Å². The maximum Gasteiger partial charge on any atom is 0.474 e. The second kappa shape index (κ2) is 9.93. The molecular formula is C14H25B3O7P. The SMILES string of the molecule is [B][B][C@H]1CC(OP(=O)(OC)OC[C@H]2O[C@@H]([B])CC2OC)[C@@H](COC)C1. The molecule has 0 bridgehead atoms. The third-order valence-corrected chi connectivity index (χ3v) is 6.18. The number of ether oxygens (including phenoxy) is 3. The average molecular weight is 369 g/mol. The molecule has 0 aromatic heterocycles. The van der Waals surface area contributed by atoms with Gasteiger partial charge in [-0.05, 0) is 12.8 Å². The molecule has 1 heterocycles. The maximum absolute atomic E-state index is 12.8. The van der Waals surface area contributed by atoms with E-state index >= 15 is 0 Å². The van der Waals surface area contributed by atoms with Crippen LogP contribution in [0.4, 0.5) is 0 Å². The first-order valence-electron chi connectivity index (χ1n) is 8.41. The first-order valence-corrected chi connectivity index (χ1v) is 9.87. The topological polar surface area (TPSA) is 72.5 Å². The van der Waals surface area contributed by atoms with Gasteiger partial charge in [0.2, 0.25) is 0 Å². The Morgan fingerprint density at radius 3 is 2.52 bits per heavy atom. The fourth-order valence-corrected chi connectivity index (χ4v) is 4.57. The van der Waals surface area contributed by atoms with Gasteiger partial charge >= 0.3 is 7.82 Å². The summed E-state index contributed by atoms with van der Waals surface area (Å²) in [5, 5.41) is 0. The Labute approximate surface area is 153 Å². The molecule has 1 aliphatic carbocycles. The van der Waals surface area contributed by atoms with Gasteiger partial charge < -0.3 is 14.2 Å².